The van der Waals surface area contributed by atoms with Crippen LogP contribution in [0.1, 0.15) is 32.6 Å². The van der Waals surface area contributed by atoms with Gasteiger partial charge in [0, 0.05) is 19.0 Å². The summed E-state index contributed by atoms with van der Waals surface area (Å²) in [6.07, 6.45) is 3.60. The normalized spacial score (nSPS) is 13.8. The topological polar surface area (TPSA) is 76.4 Å². The first-order valence-corrected chi connectivity index (χ1v) is 7.25. The van der Waals surface area contributed by atoms with Crippen LogP contribution in [-0.4, -0.2) is 25.1 Å². The van der Waals surface area contributed by atoms with Gasteiger partial charge in [-0.2, -0.15) is 0 Å². The van der Waals surface area contributed by atoms with Gasteiger partial charge >= 0.3 is 0 Å². The summed E-state index contributed by atoms with van der Waals surface area (Å²) in [4.78, 5) is 11.5. The number of benzene rings is 1. The maximum atomic E-state index is 11.5. The molecule has 0 atom stereocenters. The summed E-state index contributed by atoms with van der Waals surface area (Å²) >= 11 is 0. The van der Waals surface area contributed by atoms with Crippen molar-refractivity contribution >= 4 is 17.3 Å². The summed E-state index contributed by atoms with van der Waals surface area (Å²) in [6.45, 7) is 3.24. The molecule has 1 aromatic rings. The lowest BCUT2D eigenvalue weighted by atomic mass is 10.2. The highest BCUT2D eigenvalue weighted by molar-refractivity contribution is 5.76. The Balaban J connectivity index is 1.72. The number of hydrogen-bond donors (Lipinski definition) is 3. The van der Waals surface area contributed by atoms with Gasteiger partial charge in [-0.1, -0.05) is 6.07 Å². The number of ether oxygens (including phenoxy) is 1. The van der Waals surface area contributed by atoms with E-state index in [-0.39, 0.29) is 5.91 Å². The lowest BCUT2D eigenvalue weighted by Gasteiger charge is -2.13. The van der Waals surface area contributed by atoms with Crippen LogP contribution in [0.4, 0.5) is 11.4 Å². The van der Waals surface area contributed by atoms with Crippen molar-refractivity contribution in [3.05, 3.63) is 18.2 Å². The molecule has 5 nitrogen and oxygen atoms in total. The zero-order valence-electron chi connectivity index (χ0n) is 11.9. The molecule has 1 saturated carbocycles. The summed E-state index contributed by atoms with van der Waals surface area (Å²) in [6, 6.07) is 6.12. The van der Waals surface area contributed by atoms with E-state index in [1.807, 2.05) is 25.1 Å². The maximum absolute atomic E-state index is 11.5. The summed E-state index contributed by atoms with van der Waals surface area (Å²) in [5.41, 5.74) is 7.50. The highest BCUT2D eigenvalue weighted by atomic mass is 16.5. The number of anilines is 2. The molecule has 20 heavy (non-hydrogen) atoms. The number of rotatable bonds is 8. The zero-order chi connectivity index (χ0) is 14.4. The predicted octanol–water partition coefficient (Wildman–Crippen LogP) is 2.14. The fourth-order valence-electron chi connectivity index (χ4n) is 1.98. The maximum Gasteiger partial charge on any atom is 0.220 e. The van der Waals surface area contributed by atoms with E-state index in [9.17, 15) is 4.79 Å². The van der Waals surface area contributed by atoms with Crippen LogP contribution in [0.3, 0.4) is 0 Å². The monoisotopic (exact) mass is 277 g/mol. The molecule has 0 saturated heterocycles. The van der Waals surface area contributed by atoms with Gasteiger partial charge in [0.2, 0.25) is 5.91 Å². The molecule has 0 heterocycles. The average Bonchev–Trinajstić information content (AvgIpc) is 3.23. The Labute approximate surface area is 119 Å². The quantitative estimate of drug-likeness (QED) is 0.502. The molecule has 0 aliphatic heterocycles. The Hall–Kier alpha value is -1.91. The van der Waals surface area contributed by atoms with Gasteiger partial charge in [0.1, 0.15) is 5.75 Å². The van der Waals surface area contributed by atoms with Crippen LogP contribution >= 0.6 is 0 Å². The van der Waals surface area contributed by atoms with E-state index in [2.05, 4.69) is 10.6 Å². The SMILES string of the molecule is CCOc1cccc(NCCCC(=O)NC2CC2)c1N. The summed E-state index contributed by atoms with van der Waals surface area (Å²) < 4.78 is 5.44. The van der Waals surface area contributed by atoms with Crippen LogP contribution in [0.15, 0.2) is 18.2 Å². The molecular formula is C15H23N3O2. The molecule has 2 rings (SSSR count). The number of nitrogen functional groups attached to an aromatic ring is 1. The van der Waals surface area contributed by atoms with Crippen molar-refractivity contribution in [1.29, 1.82) is 0 Å². The van der Waals surface area contributed by atoms with E-state index in [4.69, 9.17) is 10.5 Å². The third-order valence-electron chi connectivity index (χ3n) is 3.20. The summed E-state index contributed by atoms with van der Waals surface area (Å²) in [7, 11) is 0. The second kappa shape index (κ2) is 7.03. The molecule has 1 amide bonds. The molecular weight excluding hydrogens is 254 g/mol. The lowest BCUT2D eigenvalue weighted by Crippen LogP contribution is -2.25. The molecule has 5 heteroatoms. The van der Waals surface area contributed by atoms with Gasteiger partial charge < -0.3 is 21.1 Å². The minimum Gasteiger partial charge on any atom is -0.492 e. The van der Waals surface area contributed by atoms with Gasteiger partial charge in [0.05, 0.1) is 18.0 Å². The van der Waals surface area contributed by atoms with Crippen LogP contribution in [0.2, 0.25) is 0 Å². The van der Waals surface area contributed by atoms with Gasteiger partial charge in [-0.3, -0.25) is 4.79 Å². The first-order chi connectivity index (χ1) is 9.70. The van der Waals surface area contributed by atoms with Crippen LogP contribution in [-0.2, 0) is 4.79 Å². The van der Waals surface area contributed by atoms with Crippen LogP contribution < -0.4 is 21.1 Å². The van der Waals surface area contributed by atoms with E-state index in [1.165, 1.54) is 0 Å². The smallest absolute Gasteiger partial charge is 0.220 e. The number of carbonyl (C=O) groups excluding carboxylic acids is 1. The van der Waals surface area contributed by atoms with Gasteiger partial charge in [-0.15, -0.1) is 0 Å². The van der Waals surface area contributed by atoms with E-state index in [1.54, 1.807) is 0 Å². The van der Waals surface area contributed by atoms with Gasteiger partial charge in [-0.25, -0.2) is 0 Å². The zero-order valence-corrected chi connectivity index (χ0v) is 11.9. The van der Waals surface area contributed by atoms with Crippen LogP contribution in [0.5, 0.6) is 5.75 Å². The molecule has 1 aromatic carbocycles. The minimum absolute atomic E-state index is 0.144. The number of nitrogens with one attached hydrogen (secondary N) is 2. The first kappa shape index (κ1) is 14.5. The van der Waals surface area contributed by atoms with E-state index in [0.717, 1.165) is 31.5 Å². The van der Waals surface area contributed by atoms with E-state index < -0.39 is 0 Å². The highest BCUT2D eigenvalue weighted by Gasteiger charge is 2.22. The van der Waals surface area contributed by atoms with Gasteiger partial charge in [0.15, 0.2) is 0 Å². The molecule has 0 spiro atoms. The molecule has 0 bridgehead atoms. The molecule has 110 valence electrons. The minimum atomic E-state index is 0.144. The van der Waals surface area contributed by atoms with Crippen molar-refractivity contribution < 1.29 is 9.53 Å². The van der Waals surface area contributed by atoms with Gasteiger partial charge in [0.25, 0.3) is 0 Å². The Kier molecular flexibility index (Phi) is 5.09. The number of amides is 1. The van der Waals surface area contributed by atoms with E-state index >= 15 is 0 Å². The predicted molar refractivity (Wildman–Crippen MR) is 80.9 cm³/mol. The Morgan fingerprint density at radius 1 is 1.45 bits per heavy atom. The third-order valence-corrected chi connectivity index (χ3v) is 3.20. The summed E-state index contributed by atoms with van der Waals surface area (Å²) in [5, 5.41) is 6.23. The molecule has 4 N–H and O–H groups in total. The molecule has 1 aliphatic carbocycles. The molecule has 0 unspecified atom stereocenters. The van der Waals surface area contributed by atoms with E-state index in [0.29, 0.717) is 30.5 Å². The number of para-hydroxylation sites is 1. The fourth-order valence-corrected chi connectivity index (χ4v) is 1.98. The van der Waals surface area contributed by atoms with Crippen molar-refractivity contribution in [3.8, 4) is 5.75 Å². The van der Waals surface area contributed by atoms with Crippen LogP contribution in [0.25, 0.3) is 0 Å². The highest BCUT2D eigenvalue weighted by Crippen LogP contribution is 2.29. The average molecular weight is 277 g/mol. The Bertz CT molecular complexity index is 458. The van der Waals surface area contributed by atoms with Crippen molar-refractivity contribution in [2.75, 3.05) is 24.2 Å². The molecule has 0 aromatic heterocycles. The number of carbonyl (C=O) groups is 1. The molecule has 0 radical (unpaired) electrons. The van der Waals surface area contributed by atoms with Gasteiger partial charge in [-0.05, 0) is 38.3 Å². The largest absolute Gasteiger partial charge is 0.492 e. The Morgan fingerprint density at radius 3 is 2.95 bits per heavy atom. The fraction of sp³-hybridized carbons (Fsp3) is 0.533. The van der Waals surface area contributed by atoms with Crippen molar-refractivity contribution in [2.24, 2.45) is 0 Å². The second-order valence-electron chi connectivity index (χ2n) is 5.02. The van der Waals surface area contributed by atoms with Crippen LogP contribution in [0, 0.1) is 0 Å². The number of nitrogens with two attached hydrogens (primary N) is 1. The van der Waals surface area contributed by atoms with Crippen molar-refractivity contribution in [2.45, 2.75) is 38.6 Å². The summed E-state index contributed by atoms with van der Waals surface area (Å²) in [5.74, 6) is 0.842. The molecule has 1 fully saturated rings. The van der Waals surface area contributed by atoms with Crippen molar-refractivity contribution in [1.82, 2.24) is 5.32 Å². The first-order valence-electron chi connectivity index (χ1n) is 7.25. The third kappa shape index (κ3) is 4.33. The Morgan fingerprint density at radius 2 is 2.25 bits per heavy atom. The second-order valence-corrected chi connectivity index (χ2v) is 5.02. The van der Waals surface area contributed by atoms with Crippen molar-refractivity contribution in [3.63, 3.8) is 0 Å². The standard InChI is InChI=1S/C15H23N3O2/c1-2-20-13-6-3-5-12(15(13)16)17-10-4-7-14(19)18-11-8-9-11/h3,5-6,11,17H,2,4,7-10,16H2,1H3,(H,18,19). The number of hydrogen-bond acceptors (Lipinski definition) is 4. The lowest BCUT2D eigenvalue weighted by molar-refractivity contribution is -0.121. The molecule has 1 aliphatic rings.